The van der Waals surface area contributed by atoms with Gasteiger partial charge in [0.2, 0.25) is 11.8 Å². The van der Waals surface area contributed by atoms with Gasteiger partial charge in [-0.2, -0.15) is 0 Å². The average molecular weight is 354 g/mol. The van der Waals surface area contributed by atoms with E-state index in [1.54, 1.807) is 0 Å². The third-order valence-electron chi connectivity index (χ3n) is 5.20. The van der Waals surface area contributed by atoms with Gasteiger partial charge in [0.1, 0.15) is 5.76 Å². The topological polar surface area (TPSA) is 55.1 Å². The number of benzene rings is 1. The molecule has 0 unspecified atom stereocenters. The van der Waals surface area contributed by atoms with Crippen molar-refractivity contribution in [3.05, 3.63) is 41.3 Å². The summed E-state index contributed by atoms with van der Waals surface area (Å²) in [7, 11) is 0. The fourth-order valence-corrected chi connectivity index (χ4v) is 3.70. The van der Waals surface area contributed by atoms with Crippen molar-refractivity contribution in [2.24, 2.45) is 0 Å². The van der Waals surface area contributed by atoms with Gasteiger partial charge in [0, 0.05) is 18.0 Å². The number of amides is 1. The number of oxazole rings is 1. The molecule has 1 aromatic heterocycles. The lowest BCUT2D eigenvalue weighted by molar-refractivity contribution is -0.122. The third-order valence-corrected chi connectivity index (χ3v) is 5.20. The minimum atomic E-state index is 0.178. The Morgan fingerprint density at radius 2 is 1.96 bits per heavy atom. The minimum absolute atomic E-state index is 0.178. The second-order valence-electron chi connectivity index (χ2n) is 7.50. The summed E-state index contributed by atoms with van der Waals surface area (Å²) in [4.78, 5) is 16.9. The molecule has 1 fully saturated rings. The van der Waals surface area contributed by atoms with Gasteiger partial charge in [-0.15, -0.1) is 0 Å². The second kappa shape index (κ2) is 9.02. The summed E-state index contributed by atoms with van der Waals surface area (Å²) in [6.45, 7) is 4.01. The number of aromatic nitrogens is 1. The van der Waals surface area contributed by atoms with E-state index in [9.17, 15) is 4.79 Å². The highest BCUT2D eigenvalue weighted by molar-refractivity contribution is 5.76. The van der Waals surface area contributed by atoms with Crippen LogP contribution in [0, 0.1) is 13.8 Å². The largest absolute Gasteiger partial charge is 0.441 e. The summed E-state index contributed by atoms with van der Waals surface area (Å²) in [6.07, 6.45) is 9.50. The molecule has 1 heterocycles. The van der Waals surface area contributed by atoms with Crippen LogP contribution in [0.5, 0.6) is 0 Å². The first-order valence-electron chi connectivity index (χ1n) is 9.94. The Hall–Kier alpha value is -2.10. The van der Waals surface area contributed by atoms with Crippen molar-refractivity contribution >= 4 is 5.91 Å². The molecule has 4 heteroatoms. The van der Waals surface area contributed by atoms with Gasteiger partial charge in [-0.05, 0) is 51.7 Å². The molecule has 1 N–H and O–H groups in total. The van der Waals surface area contributed by atoms with E-state index in [-0.39, 0.29) is 5.91 Å². The molecule has 0 spiro atoms. The van der Waals surface area contributed by atoms with Gasteiger partial charge >= 0.3 is 0 Å². The lowest BCUT2D eigenvalue weighted by Crippen LogP contribution is -2.34. The van der Waals surface area contributed by atoms with Crippen molar-refractivity contribution in [1.82, 2.24) is 10.3 Å². The van der Waals surface area contributed by atoms with E-state index >= 15 is 0 Å². The van der Waals surface area contributed by atoms with Crippen LogP contribution in [0.2, 0.25) is 0 Å². The van der Waals surface area contributed by atoms with E-state index in [2.05, 4.69) is 29.4 Å². The molecule has 0 aliphatic heterocycles. The predicted octanol–water partition coefficient (Wildman–Crippen LogP) is 5.12. The maximum atomic E-state index is 12.2. The smallest absolute Gasteiger partial charge is 0.226 e. The molecule has 26 heavy (non-hydrogen) atoms. The number of aryl methyl sites for hydroxylation is 3. The van der Waals surface area contributed by atoms with Gasteiger partial charge in [-0.3, -0.25) is 4.79 Å². The summed E-state index contributed by atoms with van der Waals surface area (Å²) in [5.74, 6) is 1.70. The zero-order chi connectivity index (χ0) is 18.4. The van der Waals surface area contributed by atoms with Crippen LogP contribution >= 0.6 is 0 Å². The fourth-order valence-electron chi connectivity index (χ4n) is 3.70. The molecule has 3 rings (SSSR count). The quantitative estimate of drug-likeness (QED) is 0.733. The van der Waals surface area contributed by atoms with Crippen LogP contribution in [0.3, 0.4) is 0 Å². The Morgan fingerprint density at radius 3 is 2.69 bits per heavy atom. The average Bonchev–Trinajstić information content (AvgIpc) is 2.81. The van der Waals surface area contributed by atoms with Gasteiger partial charge in [0.25, 0.3) is 0 Å². The molecule has 1 aliphatic carbocycles. The van der Waals surface area contributed by atoms with E-state index in [4.69, 9.17) is 4.42 Å². The van der Waals surface area contributed by atoms with E-state index in [0.717, 1.165) is 42.7 Å². The van der Waals surface area contributed by atoms with Gasteiger partial charge < -0.3 is 9.73 Å². The van der Waals surface area contributed by atoms with Crippen LogP contribution < -0.4 is 5.32 Å². The number of carbonyl (C=O) groups is 1. The second-order valence-corrected chi connectivity index (χ2v) is 7.50. The molecular formula is C22H30N2O2. The molecule has 0 saturated heterocycles. The van der Waals surface area contributed by atoms with Crippen LogP contribution in [-0.4, -0.2) is 16.9 Å². The molecule has 140 valence electrons. The summed E-state index contributed by atoms with van der Waals surface area (Å²) < 4.78 is 5.84. The van der Waals surface area contributed by atoms with Crippen LogP contribution in [0.1, 0.15) is 68.4 Å². The molecule has 1 amide bonds. The summed E-state index contributed by atoms with van der Waals surface area (Å²) in [5.41, 5.74) is 3.16. The maximum Gasteiger partial charge on any atom is 0.226 e. The Bertz CT molecular complexity index is 727. The normalized spacial score (nSPS) is 15.6. The molecule has 4 nitrogen and oxygen atoms in total. The van der Waals surface area contributed by atoms with Crippen molar-refractivity contribution in [2.45, 2.75) is 77.7 Å². The zero-order valence-corrected chi connectivity index (χ0v) is 16.0. The molecular weight excluding hydrogens is 324 g/mol. The Labute approximate surface area is 156 Å². The Balaban J connectivity index is 1.49. The van der Waals surface area contributed by atoms with Gasteiger partial charge in [-0.1, -0.05) is 43.4 Å². The number of hydrogen-bond donors (Lipinski definition) is 1. The third kappa shape index (κ3) is 5.20. The summed E-state index contributed by atoms with van der Waals surface area (Å²) in [5, 5.41) is 3.21. The van der Waals surface area contributed by atoms with Gasteiger partial charge in [0.05, 0.1) is 5.69 Å². The molecule has 1 aromatic carbocycles. The van der Waals surface area contributed by atoms with Crippen molar-refractivity contribution < 1.29 is 9.21 Å². The number of nitrogens with one attached hydrogen (secondary N) is 1. The number of hydrogen-bond acceptors (Lipinski definition) is 3. The number of rotatable bonds is 6. The van der Waals surface area contributed by atoms with E-state index < -0.39 is 0 Å². The van der Waals surface area contributed by atoms with E-state index in [0.29, 0.717) is 18.4 Å². The van der Waals surface area contributed by atoms with Gasteiger partial charge in [-0.25, -0.2) is 4.98 Å². The number of carbonyl (C=O) groups excluding carboxylic acids is 1. The molecule has 1 aliphatic rings. The molecule has 1 saturated carbocycles. The first kappa shape index (κ1) is 18.7. The van der Waals surface area contributed by atoms with Crippen LogP contribution in [0.4, 0.5) is 0 Å². The van der Waals surface area contributed by atoms with E-state index in [1.165, 1.54) is 31.2 Å². The monoisotopic (exact) mass is 354 g/mol. The minimum Gasteiger partial charge on any atom is -0.441 e. The predicted molar refractivity (Wildman–Crippen MR) is 104 cm³/mol. The zero-order valence-electron chi connectivity index (χ0n) is 16.0. The summed E-state index contributed by atoms with van der Waals surface area (Å²) in [6, 6.07) is 8.55. The molecule has 2 aromatic rings. The van der Waals surface area contributed by atoms with Crippen LogP contribution in [-0.2, 0) is 11.2 Å². The summed E-state index contributed by atoms with van der Waals surface area (Å²) >= 11 is 0. The SMILES string of the molecule is Cc1cccc(-c2nc(CCCC(=O)NC3CCCCCC3)c(C)o2)c1. The highest BCUT2D eigenvalue weighted by Gasteiger charge is 2.15. The highest BCUT2D eigenvalue weighted by Crippen LogP contribution is 2.23. The van der Waals surface area contributed by atoms with E-state index in [1.807, 2.05) is 19.1 Å². The lowest BCUT2D eigenvalue weighted by atomic mass is 10.1. The van der Waals surface area contributed by atoms with Crippen LogP contribution in [0.15, 0.2) is 28.7 Å². The Morgan fingerprint density at radius 1 is 1.19 bits per heavy atom. The highest BCUT2D eigenvalue weighted by atomic mass is 16.4. The van der Waals surface area contributed by atoms with Gasteiger partial charge in [0.15, 0.2) is 0 Å². The lowest BCUT2D eigenvalue weighted by Gasteiger charge is -2.15. The first-order chi connectivity index (χ1) is 12.6. The van der Waals surface area contributed by atoms with Crippen molar-refractivity contribution in [3.63, 3.8) is 0 Å². The fraction of sp³-hybridized carbons (Fsp3) is 0.545. The Kier molecular flexibility index (Phi) is 6.48. The first-order valence-corrected chi connectivity index (χ1v) is 9.94. The number of nitrogens with zero attached hydrogens (tertiary/aromatic N) is 1. The molecule has 0 radical (unpaired) electrons. The van der Waals surface area contributed by atoms with Crippen LogP contribution in [0.25, 0.3) is 11.5 Å². The standard InChI is InChI=1S/C22H30N2O2/c1-16-9-7-10-18(15-16)22-24-20(17(2)26-22)13-8-14-21(25)23-19-11-5-3-4-6-12-19/h7,9-10,15,19H,3-6,8,11-14H2,1-2H3,(H,23,25). The maximum absolute atomic E-state index is 12.2. The van der Waals surface area contributed by atoms with Crippen molar-refractivity contribution in [2.75, 3.05) is 0 Å². The van der Waals surface area contributed by atoms with Crippen molar-refractivity contribution in [1.29, 1.82) is 0 Å². The molecule has 0 atom stereocenters. The molecule has 0 bridgehead atoms. The van der Waals surface area contributed by atoms with Crippen molar-refractivity contribution in [3.8, 4) is 11.5 Å².